The molecule has 1 N–H and O–H groups in total. The molecule has 0 spiro atoms. The van der Waals surface area contributed by atoms with Crippen molar-refractivity contribution in [3.8, 4) is 10.6 Å². The van der Waals surface area contributed by atoms with Gasteiger partial charge in [0.2, 0.25) is 0 Å². The number of aromatic nitrogens is 1. The maximum Gasteiger partial charge on any atom is 0.416 e. The summed E-state index contributed by atoms with van der Waals surface area (Å²) in [7, 11) is 0. The lowest BCUT2D eigenvalue weighted by molar-refractivity contribution is -0.137. The maximum absolute atomic E-state index is 12.8. The normalized spacial score (nSPS) is 11.8. The molecule has 0 amide bonds. The largest absolute Gasteiger partial charge is 0.478 e. The fraction of sp³-hybridized carbons (Fsp3) is 0.217. The predicted octanol–water partition coefficient (Wildman–Crippen LogP) is 6.26. The van der Waals surface area contributed by atoms with E-state index in [4.69, 9.17) is 5.11 Å². The first-order valence-corrected chi connectivity index (χ1v) is 10.4. The van der Waals surface area contributed by atoms with Crippen LogP contribution in [0.3, 0.4) is 0 Å². The van der Waals surface area contributed by atoms with Crippen molar-refractivity contribution in [2.24, 2.45) is 0 Å². The number of carboxylic acid groups (broad SMARTS) is 1. The highest BCUT2D eigenvalue weighted by molar-refractivity contribution is 7.15. The Hall–Kier alpha value is -3.13. The highest BCUT2D eigenvalue weighted by atomic mass is 32.1. The van der Waals surface area contributed by atoms with Gasteiger partial charge >= 0.3 is 12.1 Å². The predicted molar refractivity (Wildman–Crippen MR) is 117 cm³/mol. The van der Waals surface area contributed by atoms with Crippen LogP contribution in [0, 0.1) is 6.92 Å². The fourth-order valence-corrected chi connectivity index (χ4v) is 4.11. The van der Waals surface area contributed by atoms with E-state index < -0.39 is 17.7 Å². The molecule has 0 bridgehead atoms. The van der Waals surface area contributed by atoms with Crippen LogP contribution in [0.25, 0.3) is 16.6 Å². The van der Waals surface area contributed by atoms with Crippen LogP contribution in [0.5, 0.6) is 0 Å². The summed E-state index contributed by atoms with van der Waals surface area (Å²) < 4.78 is 38.4. The van der Waals surface area contributed by atoms with Crippen molar-refractivity contribution >= 4 is 29.1 Å². The summed E-state index contributed by atoms with van der Waals surface area (Å²) in [5.41, 5.74) is 2.60. The molecule has 1 aromatic heterocycles. The molecule has 0 aliphatic rings. The van der Waals surface area contributed by atoms with Crippen molar-refractivity contribution in [2.75, 3.05) is 11.4 Å². The van der Waals surface area contributed by atoms with E-state index in [1.54, 1.807) is 0 Å². The fourth-order valence-electron chi connectivity index (χ4n) is 3.02. The average Bonchev–Trinajstić information content (AvgIpc) is 3.10. The van der Waals surface area contributed by atoms with Crippen molar-refractivity contribution in [2.45, 2.75) is 26.6 Å². The quantitative estimate of drug-likeness (QED) is 0.435. The van der Waals surface area contributed by atoms with Gasteiger partial charge in [0.25, 0.3) is 0 Å². The molecule has 0 unspecified atom stereocenters. The van der Waals surface area contributed by atoms with E-state index in [0.29, 0.717) is 17.1 Å². The van der Waals surface area contributed by atoms with E-state index >= 15 is 0 Å². The Kier molecular flexibility index (Phi) is 6.80. The first-order valence-electron chi connectivity index (χ1n) is 9.57. The molecule has 4 nitrogen and oxygen atoms in total. The van der Waals surface area contributed by atoms with Crippen LogP contribution in [-0.2, 0) is 17.5 Å². The van der Waals surface area contributed by atoms with Gasteiger partial charge < -0.3 is 10.0 Å². The summed E-state index contributed by atoms with van der Waals surface area (Å²) in [6, 6.07) is 12.6. The molecule has 31 heavy (non-hydrogen) atoms. The number of halogens is 3. The molecular weight excluding hydrogens is 425 g/mol. The number of aliphatic carboxylic acids is 1. The van der Waals surface area contributed by atoms with Crippen molar-refractivity contribution in [3.05, 3.63) is 76.3 Å². The standard InChI is InChI=1S/C23H21F3N2O2S/c1-3-28(19-11-4-16(5-12-19)6-13-21(29)30)14-20-15(2)27-22(31-20)17-7-9-18(10-8-17)23(24,25)26/h4-13H,3,14H2,1-2H3,(H,29,30)/b13-6+. The van der Waals surface area contributed by atoms with E-state index in [9.17, 15) is 18.0 Å². The molecule has 3 rings (SSSR count). The molecule has 0 saturated carbocycles. The SMILES string of the molecule is CCN(Cc1sc(-c2ccc(C(F)(F)F)cc2)nc1C)c1ccc(/C=C/C(=O)O)cc1. The number of carbonyl (C=O) groups is 1. The number of nitrogens with zero attached hydrogens (tertiary/aromatic N) is 2. The molecular formula is C23H21F3N2O2S. The molecule has 2 aromatic carbocycles. The van der Waals surface area contributed by atoms with E-state index in [-0.39, 0.29) is 0 Å². The third-order valence-electron chi connectivity index (χ3n) is 4.74. The summed E-state index contributed by atoms with van der Waals surface area (Å²) in [6.07, 6.45) is -1.73. The number of thiazole rings is 1. The van der Waals surface area contributed by atoms with Gasteiger partial charge in [-0.2, -0.15) is 13.2 Å². The van der Waals surface area contributed by atoms with Crippen LogP contribution in [0.2, 0.25) is 0 Å². The first kappa shape index (κ1) is 22.6. The minimum absolute atomic E-state index is 0.616. The van der Waals surface area contributed by atoms with E-state index in [1.807, 2.05) is 38.1 Å². The number of hydrogen-bond donors (Lipinski definition) is 1. The number of alkyl halides is 3. The molecule has 162 valence electrons. The Balaban J connectivity index is 1.77. The van der Waals surface area contributed by atoms with E-state index in [2.05, 4.69) is 9.88 Å². The molecule has 0 saturated heterocycles. The molecule has 8 heteroatoms. The molecule has 0 atom stereocenters. The second kappa shape index (κ2) is 9.34. The van der Waals surface area contributed by atoms with Gasteiger partial charge in [0.05, 0.1) is 17.8 Å². The third kappa shape index (κ3) is 5.73. The van der Waals surface area contributed by atoms with Gasteiger partial charge in [-0.05, 0) is 49.8 Å². The minimum atomic E-state index is -4.36. The van der Waals surface area contributed by atoms with Crippen LogP contribution in [0.1, 0.15) is 28.6 Å². The van der Waals surface area contributed by atoms with Crippen molar-refractivity contribution in [1.82, 2.24) is 4.98 Å². The Labute approximate surface area is 182 Å². The summed E-state index contributed by atoms with van der Waals surface area (Å²) in [5.74, 6) is -0.996. The number of anilines is 1. The topological polar surface area (TPSA) is 53.4 Å². The third-order valence-corrected chi connectivity index (χ3v) is 5.94. The number of rotatable bonds is 7. The van der Waals surface area contributed by atoms with Gasteiger partial charge in [0.1, 0.15) is 5.01 Å². The lowest BCUT2D eigenvalue weighted by Crippen LogP contribution is -2.21. The highest BCUT2D eigenvalue weighted by Crippen LogP contribution is 2.33. The summed E-state index contributed by atoms with van der Waals surface area (Å²) in [4.78, 5) is 18.4. The van der Waals surface area contributed by atoms with Crippen LogP contribution in [-0.4, -0.2) is 22.6 Å². The zero-order chi connectivity index (χ0) is 22.6. The summed E-state index contributed by atoms with van der Waals surface area (Å²) in [5, 5.41) is 9.42. The zero-order valence-electron chi connectivity index (χ0n) is 17.0. The average molecular weight is 446 g/mol. The second-order valence-corrected chi connectivity index (χ2v) is 7.96. The van der Waals surface area contributed by atoms with Gasteiger partial charge in [-0.15, -0.1) is 11.3 Å². The lowest BCUT2D eigenvalue weighted by atomic mass is 10.1. The molecule has 0 radical (unpaired) electrons. The molecule has 0 aliphatic carbocycles. The Bertz CT molecular complexity index is 1070. The second-order valence-electron chi connectivity index (χ2n) is 6.88. The van der Waals surface area contributed by atoms with Gasteiger partial charge in [-0.3, -0.25) is 0 Å². The van der Waals surface area contributed by atoms with E-state index in [1.165, 1.54) is 29.5 Å². The monoisotopic (exact) mass is 446 g/mol. The Morgan fingerprint density at radius 3 is 2.32 bits per heavy atom. The van der Waals surface area contributed by atoms with Gasteiger partial charge in [0, 0.05) is 28.7 Å². The summed E-state index contributed by atoms with van der Waals surface area (Å²) >= 11 is 1.47. The van der Waals surface area contributed by atoms with Crippen LogP contribution < -0.4 is 4.90 Å². The zero-order valence-corrected chi connectivity index (χ0v) is 17.8. The van der Waals surface area contributed by atoms with E-state index in [0.717, 1.165) is 46.6 Å². The highest BCUT2D eigenvalue weighted by Gasteiger charge is 2.30. The number of hydrogen-bond acceptors (Lipinski definition) is 4. The van der Waals surface area contributed by atoms with Gasteiger partial charge in [0.15, 0.2) is 0 Å². The smallest absolute Gasteiger partial charge is 0.416 e. The maximum atomic E-state index is 12.8. The van der Waals surface area contributed by atoms with Gasteiger partial charge in [-0.1, -0.05) is 24.3 Å². The molecule has 0 aliphatic heterocycles. The number of carboxylic acids is 1. The summed E-state index contributed by atoms with van der Waals surface area (Å²) in [6.45, 7) is 5.29. The van der Waals surface area contributed by atoms with Crippen LogP contribution in [0.15, 0.2) is 54.6 Å². The van der Waals surface area contributed by atoms with Crippen LogP contribution in [0.4, 0.5) is 18.9 Å². The molecule has 0 fully saturated rings. The van der Waals surface area contributed by atoms with Crippen LogP contribution >= 0.6 is 11.3 Å². The Morgan fingerprint density at radius 2 is 1.77 bits per heavy atom. The number of aryl methyl sites for hydroxylation is 1. The minimum Gasteiger partial charge on any atom is -0.478 e. The van der Waals surface area contributed by atoms with Crippen molar-refractivity contribution < 1.29 is 23.1 Å². The lowest BCUT2D eigenvalue weighted by Gasteiger charge is -2.22. The Morgan fingerprint density at radius 1 is 1.13 bits per heavy atom. The molecule has 1 heterocycles. The van der Waals surface area contributed by atoms with Crippen molar-refractivity contribution in [3.63, 3.8) is 0 Å². The number of benzene rings is 2. The molecule has 3 aromatic rings. The first-order chi connectivity index (χ1) is 14.7. The van der Waals surface area contributed by atoms with Gasteiger partial charge in [-0.25, -0.2) is 9.78 Å². The van der Waals surface area contributed by atoms with Crippen molar-refractivity contribution in [1.29, 1.82) is 0 Å².